The van der Waals surface area contributed by atoms with Gasteiger partial charge in [-0.2, -0.15) is 5.10 Å². The summed E-state index contributed by atoms with van der Waals surface area (Å²) in [5, 5.41) is 8.05. The Balaban J connectivity index is 1.58. The first-order valence-electron chi connectivity index (χ1n) is 11.4. The van der Waals surface area contributed by atoms with Gasteiger partial charge in [0.15, 0.2) is 5.65 Å². The third-order valence-corrected chi connectivity index (χ3v) is 6.33. The molecule has 33 heavy (non-hydrogen) atoms. The SMILES string of the molecule is Cc1ccccc1-c1c(C)nn2c(C(C)C)c(C(=O)N[C@H]3CCOc4ccccc43)cnc12. The third-order valence-electron chi connectivity index (χ3n) is 6.33. The first-order valence-corrected chi connectivity index (χ1v) is 11.4. The standard InChI is InChI=1S/C27H28N4O2/c1-16(2)25-21(27(32)29-22-13-14-33-23-12-8-7-11-20(22)23)15-28-26-24(18(4)30-31(25)26)19-10-6-5-9-17(19)3/h5-12,15-16,22H,13-14H2,1-4H3,(H,29,32)/t22-/m0/s1. The van der Waals surface area contributed by atoms with E-state index in [-0.39, 0.29) is 17.9 Å². The maximum Gasteiger partial charge on any atom is 0.255 e. The average molecular weight is 441 g/mol. The lowest BCUT2D eigenvalue weighted by Crippen LogP contribution is -2.33. The number of aromatic nitrogens is 3. The molecule has 2 aromatic carbocycles. The number of fused-ring (bicyclic) bond motifs is 2. The van der Waals surface area contributed by atoms with Gasteiger partial charge in [0.1, 0.15) is 5.75 Å². The monoisotopic (exact) mass is 440 g/mol. The van der Waals surface area contributed by atoms with E-state index in [1.54, 1.807) is 6.20 Å². The molecule has 2 aromatic heterocycles. The Labute approximate surface area is 193 Å². The van der Waals surface area contributed by atoms with Gasteiger partial charge in [0.2, 0.25) is 0 Å². The molecule has 0 aliphatic carbocycles. The van der Waals surface area contributed by atoms with Crippen molar-refractivity contribution >= 4 is 11.6 Å². The van der Waals surface area contributed by atoms with Crippen molar-refractivity contribution in [2.24, 2.45) is 0 Å². The third kappa shape index (κ3) is 3.65. The summed E-state index contributed by atoms with van der Waals surface area (Å²) in [7, 11) is 0. The van der Waals surface area contributed by atoms with Gasteiger partial charge in [-0.15, -0.1) is 0 Å². The van der Waals surface area contributed by atoms with Crippen LogP contribution < -0.4 is 10.1 Å². The summed E-state index contributed by atoms with van der Waals surface area (Å²) in [6.45, 7) is 8.84. The topological polar surface area (TPSA) is 68.5 Å². The molecule has 4 aromatic rings. The van der Waals surface area contributed by atoms with Crippen molar-refractivity contribution in [3.8, 4) is 16.9 Å². The van der Waals surface area contributed by atoms with Gasteiger partial charge in [-0.05, 0) is 37.0 Å². The summed E-state index contributed by atoms with van der Waals surface area (Å²) in [6, 6.07) is 16.0. The van der Waals surface area contributed by atoms with E-state index in [2.05, 4.69) is 38.2 Å². The maximum atomic E-state index is 13.5. The Bertz CT molecular complexity index is 1360. The molecule has 3 heterocycles. The molecule has 168 valence electrons. The Morgan fingerprint density at radius 2 is 1.88 bits per heavy atom. The van der Waals surface area contributed by atoms with Crippen molar-refractivity contribution in [2.75, 3.05) is 6.61 Å². The molecule has 0 unspecified atom stereocenters. The van der Waals surface area contributed by atoms with E-state index >= 15 is 0 Å². The molecular weight excluding hydrogens is 412 g/mol. The predicted octanol–water partition coefficient (Wildman–Crippen LogP) is 5.39. The van der Waals surface area contributed by atoms with Gasteiger partial charge in [0.25, 0.3) is 5.91 Å². The minimum atomic E-state index is -0.139. The van der Waals surface area contributed by atoms with Gasteiger partial charge in [-0.3, -0.25) is 4.79 Å². The second kappa shape index (κ2) is 8.35. The molecule has 0 spiro atoms. The predicted molar refractivity (Wildman–Crippen MR) is 129 cm³/mol. The van der Waals surface area contributed by atoms with Crippen molar-refractivity contribution in [3.05, 3.63) is 82.8 Å². The van der Waals surface area contributed by atoms with Crippen molar-refractivity contribution in [3.63, 3.8) is 0 Å². The van der Waals surface area contributed by atoms with Crippen LogP contribution in [0.4, 0.5) is 0 Å². The molecule has 1 atom stereocenters. The van der Waals surface area contributed by atoms with Gasteiger partial charge < -0.3 is 10.1 Å². The van der Waals surface area contributed by atoms with Crippen LogP contribution in [0.2, 0.25) is 0 Å². The Kier molecular flexibility index (Phi) is 5.36. The number of hydrogen-bond acceptors (Lipinski definition) is 4. The fourth-order valence-electron chi connectivity index (χ4n) is 4.74. The number of nitrogens with zero attached hydrogens (tertiary/aromatic N) is 3. The van der Waals surface area contributed by atoms with E-state index in [0.29, 0.717) is 12.2 Å². The smallest absolute Gasteiger partial charge is 0.255 e. The number of rotatable bonds is 4. The van der Waals surface area contributed by atoms with Crippen LogP contribution in [0.3, 0.4) is 0 Å². The number of para-hydroxylation sites is 1. The molecule has 0 saturated carbocycles. The van der Waals surface area contributed by atoms with Gasteiger partial charge in [-0.25, -0.2) is 9.50 Å². The fourth-order valence-corrected chi connectivity index (χ4v) is 4.74. The van der Waals surface area contributed by atoms with E-state index in [1.165, 1.54) is 5.56 Å². The number of carbonyl (C=O) groups excluding carboxylic acids is 1. The highest BCUT2D eigenvalue weighted by molar-refractivity contribution is 5.96. The zero-order chi connectivity index (χ0) is 23.1. The summed E-state index contributed by atoms with van der Waals surface area (Å²) in [6.07, 6.45) is 2.43. The van der Waals surface area contributed by atoms with Gasteiger partial charge in [-0.1, -0.05) is 56.3 Å². The van der Waals surface area contributed by atoms with E-state index in [4.69, 9.17) is 14.8 Å². The Morgan fingerprint density at radius 3 is 2.67 bits per heavy atom. The largest absolute Gasteiger partial charge is 0.493 e. The molecule has 1 aliphatic heterocycles. The molecule has 1 amide bonds. The first kappa shape index (κ1) is 21.2. The second-order valence-electron chi connectivity index (χ2n) is 8.92. The zero-order valence-electron chi connectivity index (χ0n) is 19.4. The van der Waals surface area contributed by atoms with Gasteiger partial charge in [0, 0.05) is 23.7 Å². The zero-order valence-corrected chi connectivity index (χ0v) is 19.4. The fraction of sp³-hybridized carbons (Fsp3) is 0.296. The summed E-state index contributed by atoms with van der Waals surface area (Å²) in [5.41, 5.74) is 7.40. The van der Waals surface area contributed by atoms with Gasteiger partial charge >= 0.3 is 0 Å². The summed E-state index contributed by atoms with van der Waals surface area (Å²) in [5.74, 6) is 0.778. The first-order chi connectivity index (χ1) is 16.0. The lowest BCUT2D eigenvalue weighted by molar-refractivity contribution is 0.0922. The van der Waals surface area contributed by atoms with Crippen LogP contribution in [0.15, 0.2) is 54.7 Å². The lowest BCUT2D eigenvalue weighted by Gasteiger charge is -2.27. The molecule has 0 saturated heterocycles. The lowest BCUT2D eigenvalue weighted by atomic mass is 9.99. The molecule has 1 aliphatic rings. The number of amides is 1. The van der Waals surface area contributed by atoms with Crippen LogP contribution in [0, 0.1) is 13.8 Å². The molecule has 0 radical (unpaired) electrons. The Hall–Kier alpha value is -3.67. The highest BCUT2D eigenvalue weighted by atomic mass is 16.5. The number of hydrogen-bond donors (Lipinski definition) is 1. The summed E-state index contributed by atoms with van der Waals surface area (Å²) < 4.78 is 7.61. The van der Waals surface area contributed by atoms with E-state index in [0.717, 1.165) is 45.9 Å². The molecular formula is C27H28N4O2. The number of nitrogens with one attached hydrogen (secondary N) is 1. The van der Waals surface area contributed by atoms with Gasteiger partial charge in [0.05, 0.1) is 29.6 Å². The van der Waals surface area contributed by atoms with E-state index < -0.39 is 0 Å². The molecule has 6 nitrogen and oxygen atoms in total. The normalized spacial score (nSPS) is 15.4. The van der Waals surface area contributed by atoms with Crippen LogP contribution in [0.25, 0.3) is 16.8 Å². The molecule has 1 N–H and O–H groups in total. The van der Waals surface area contributed by atoms with Crippen LogP contribution >= 0.6 is 0 Å². The van der Waals surface area contributed by atoms with Crippen LogP contribution in [0.1, 0.15) is 65.1 Å². The van der Waals surface area contributed by atoms with E-state index in [1.807, 2.05) is 47.8 Å². The highest BCUT2D eigenvalue weighted by Gasteiger charge is 2.27. The minimum absolute atomic E-state index is 0.0854. The van der Waals surface area contributed by atoms with Crippen LogP contribution in [0.5, 0.6) is 5.75 Å². The van der Waals surface area contributed by atoms with E-state index in [9.17, 15) is 4.79 Å². The minimum Gasteiger partial charge on any atom is -0.493 e. The Morgan fingerprint density at radius 1 is 1.12 bits per heavy atom. The molecule has 0 fully saturated rings. The quantitative estimate of drug-likeness (QED) is 0.462. The maximum absolute atomic E-state index is 13.5. The number of carbonyl (C=O) groups is 1. The average Bonchev–Trinajstić information content (AvgIpc) is 3.14. The second-order valence-corrected chi connectivity index (χ2v) is 8.92. The van der Waals surface area contributed by atoms with Crippen LogP contribution in [-0.2, 0) is 0 Å². The molecule has 0 bridgehead atoms. The highest BCUT2D eigenvalue weighted by Crippen LogP contribution is 2.34. The number of benzene rings is 2. The molecule has 6 heteroatoms. The summed E-state index contributed by atoms with van der Waals surface area (Å²) >= 11 is 0. The van der Waals surface area contributed by atoms with Crippen molar-refractivity contribution < 1.29 is 9.53 Å². The number of aryl methyl sites for hydroxylation is 2. The van der Waals surface area contributed by atoms with Crippen molar-refractivity contribution in [1.29, 1.82) is 0 Å². The van der Waals surface area contributed by atoms with Crippen molar-refractivity contribution in [2.45, 2.75) is 46.1 Å². The number of ether oxygens (including phenoxy) is 1. The molecule has 5 rings (SSSR count). The van der Waals surface area contributed by atoms with Crippen LogP contribution in [-0.4, -0.2) is 27.1 Å². The summed E-state index contributed by atoms with van der Waals surface area (Å²) in [4.78, 5) is 18.2. The van der Waals surface area contributed by atoms with Crippen molar-refractivity contribution in [1.82, 2.24) is 19.9 Å².